The third-order valence-corrected chi connectivity index (χ3v) is 4.72. The van der Waals surface area contributed by atoms with Gasteiger partial charge in [0.25, 0.3) is 0 Å². The Morgan fingerprint density at radius 3 is 1.41 bits per heavy atom. The van der Waals surface area contributed by atoms with Gasteiger partial charge in [-0.05, 0) is 24.3 Å². The number of aliphatic imine (C=N–C) groups is 2. The van der Waals surface area contributed by atoms with Gasteiger partial charge in [0.15, 0.2) is 11.9 Å². The molecular formula is C20H24N8O4. The van der Waals surface area contributed by atoms with Gasteiger partial charge >= 0.3 is 0 Å². The number of benzene rings is 2. The lowest BCUT2D eigenvalue weighted by molar-refractivity contribution is 0.0975. The fraction of sp³-hybridized carbons (Fsp3) is 0.200. The maximum atomic E-state index is 13.3. The molecule has 2 aromatic carbocycles. The number of anilines is 2. The minimum Gasteiger partial charge on any atom is -0.507 e. The fourth-order valence-electron chi connectivity index (χ4n) is 3.41. The number of guanidine groups is 2. The van der Waals surface area contributed by atoms with E-state index in [0.717, 1.165) is 12.1 Å². The molecule has 0 aliphatic heterocycles. The molecule has 0 aromatic heterocycles. The molecule has 0 saturated heterocycles. The van der Waals surface area contributed by atoms with Crippen LogP contribution in [-0.2, 0) is 0 Å². The number of aromatic hydroxyl groups is 2. The minimum absolute atomic E-state index is 0.0555. The number of hydrogen-bond acceptors (Lipinski definition) is 8. The molecule has 168 valence electrons. The Morgan fingerprint density at radius 1 is 0.688 bits per heavy atom. The van der Waals surface area contributed by atoms with Gasteiger partial charge in [-0.15, -0.1) is 0 Å². The van der Waals surface area contributed by atoms with E-state index in [0.29, 0.717) is 11.4 Å². The highest BCUT2D eigenvalue weighted by molar-refractivity contribution is 6.33. The summed E-state index contributed by atoms with van der Waals surface area (Å²) < 4.78 is 0. The Kier molecular flexibility index (Phi) is 6.33. The van der Waals surface area contributed by atoms with Gasteiger partial charge in [-0.25, -0.2) is 0 Å². The zero-order valence-corrected chi connectivity index (χ0v) is 17.1. The first-order valence-electron chi connectivity index (χ1n) is 9.62. The van der Waals surface area contributed by atoms with Crippen molar-refractivity contribution in [2.75, 3.05) is 36.8 Å². The maximum Gasteiger partial charge on any atom is 0.200 e. The highest BCUT2D eigenvalue weighted by atomic mass is 16.3. The van der Waals surface area contributed by atoms with Crippen LogP contribution in [0.5, 0.6) is 11.5 Å². The van der Waals surface area contributed by atoms with Crippen LogP contribution in [0.3, 0.4) is 0 Å². The lowest BCUT2D eigenvalue weighted by Gasteiger charge is -2.24. The molecular weight excluding hydrogens is 416 g/mol. The number of nitrogens with two attached hydrogens (primary N) is 4. The molecule has 12 heteroatoms. The lowest BCUT2D eigenvalue weighted by atomic mass is 9.81. The first-order chi connectivity index (χ1) is 15.2. The predicted octanol–water partition coefficient (Wildman–Crippen LogP) is -0.756. The number of fused-ring (bicyclic) bond motifs is 2. The van der Waals surface area contributed by atoms with E-state index in [1.165, 1.54) is 0 Å². The van der Waals surface area contributed by atoms with Crippen LogP contribution in [0.2, 0.25) is 0 Å². The molecule has 0 unspecified atom stereocenters. The Labute approximate surface area is 183 Å². The Hall–Kier alpha value is -4.48. The molecule has 0 amide bonds. The van der Waals surface area contributed by atoms with Crippen molar-refractivity contribution < 1.29 is 19.8 Å². The van der Waals surface area contributed by atoms with Crippen LogP contribution >= 0.6 is 0 Å². The summed E-state index contributed by atoms with van der Waals surface area (Å²) in [5.74, 6) is -2.18. The van der Waals surface area contributed by atoms with Gasteiger partial charge in [-0.3, -0.25) is 19.6 Å². The van der Waals surface area contributed by atoms with Crippen molar-refractivity contribution in [2.45, 2.75) is 0 Å². The number of carbonyl (C=O) groups is 2. The molecule has 0 atom stereocenters. The van der Waals surface area contributed by atoms with Crippen molar-refractivity contribution >= 4 is 34.9 Å². The van der Waals surface area contributed by atoms with E-state index in [1.807, 2.05) is 0 Å². The molecule has 2 aromatic rings. The number of nitrogens with one attached hydrogen (secondary N) is 2. The second-order valence-corrected chi connectivity index (χ2v) is 6.89. The van der Waals surface area contributed by atoms with Crippen LogP contribution in [0.15, 0.2) is 34.3 Å². The molecule has 32 heavy (non-hydrogen) atoms. The van der Waals surface area contributed by atoms with Crippen molar-refractivity contribution in [1.29, 1.82) is 0 Å². The largest absolute Gasteiger partial charge is 0.507 e. The van der Waals surface area contributed by atoms with Gasteiger partial charge in [0.05, 0.1) is 35.3 Å². The third kappa shape index (κ3) is 4.33. The van der Waals surface area contributed by atoms with Gasteiger partial charge < -0.3 is 43.8 Å². The number of ketones is 2. The van der Waals surface area contributed by atoms with Crippen molar-refractivity contribution in [3.05, 3.63) is 46.5 Å². The summed E-state index contributed by atoms with van der Waals surface area (Å²) in [7, 11) is 0. The summed E-state index contributed by atoms with van der Waals surface area (Å²) >= 11 is 0. The quantitative estimate of drug-likeness (QED) is 0.0944. The Balaban J connectivity index is 2.06. The van der Waals surface area contributed by atoms with Crippen LogP contribution in [0, 0.1) is 0 Å². The smallest absolute Gasteiger partial charge is 0.200 e. The van der Waals surface area contributed by atoms with Crippen molar-refractivity contribution in [2.24, 2.45) is 32.9 Å². The maximum absolute atomic E-state index is 13.3. The summed E-state index contributed by atoms with van der Waals surface area (Å²) in [6.45, 7) is 1.03. The average Bonchev–Trinajstić information content (AvgIpc) is 2.73. The fourth-order valence-corrected chi connectivity index (χ4v) is 3.41. The number of hydrogen-bond donors (Lipinski definition) is 8. The van der Waals surface area contributed by atoms with E-state index in [9.17, 15) is 19.8 Å². The van der Waals surface area contributed by atoms with E-state index in [-0.39, 0.29) is 60.4 Å². The standard InChI is InChI=1S/C20H24N8O4/c21-19(22)27-7-5-25-9-1-2-10(26-6-8-28-20(23)24)14-13(9)17(31)15-11(29)3-4-12(30)16(15)18(14)32/h1-4,25-26,29-30H,5-8H2,(H4,21,22,27)(H4,23,24,28). The van der Waals surface area contributed by atoms with Gasteiger partial charge in [0.1, 0.15) is 11.5 Å². The summed E-state index contributed by atoms with van der Waals surface area (Å²) in [6, 6.07) is 5.56. The van der Waals surface area contributed by atoms with Crippen LogP contribution < -0.4 is 33.6 Å². The lowest BCUT2D eigenvalue weighted by Crippen LogP contribution is -2.26. The average molecular weight is 440 g/mol. The first kappa shape index (κ1) is 22.2. The van der Waals surface area contributed by atoms with E-state index >= 15 is 0 Å². The molecule has 1 aliphatic rings. The molecule has 3 rings (SSSR count). The van der Waals surface area contributed by atoms with E-state index in [1.54, 1.807) is 12.1 Å². The molecule has 0 heterocycles. The SMILES string of the molecule is NC(N)=NCCNc1ccc(NCCN=C(N)N)c2c1C(=O)c1c(O)ccc(O)c1C2=O. The van der Waals surface area contributed by atoms with Crippen LogP contribution in [0.1, 0.15) is 31.8 Å². The van der Waals surface area contributed by atoms with Crippen molar-refractivity contribution in [3.63, 3.8) is 0 Å². The van der Waals surface area contributed by atoms with Crippen LogP contribution in [0.4, 0.5) is 11.4 Å². The molecule has 0 spiro atoms. The minimum atomic E-state index is -0.611. The zero-order chi connectivity index (χ0) is 23.4. The number of phenolic OH excluding ortho intramolecular Hbond substituents is 2. The molecule has 0 fully saturated rings. The zero-order valence-electron chi connectivity index (χ0n) is 17.1. The molecule has 12 N–H and O–H groups in total. The van der Waals surface area contributed by atoms with Gasteiger partial charge in [0.2, 0.25) is 11.6 Å². The number of rotatable bonds is 8. The van der Waals surface area contributed by atoms with E-state index in [2.05, 4.69) is 20.6 Å². The normalized spacial score (nSPS) is 11.9. The molecule has 12 nitrogen and oxygen atoms in total. The number of nitrogens with zero attached hydrogens (tertiary/aromatic N) is 2. The highest BCUT2D eigenvalue weighted by Gasteiger charge is 2.37. The number of carbonyl (C=O) groups excluding carboxylic acids is 2. The number of phenols is 2. The summed E-state index contributed by atoms with van der Waals surface area (Å²) in [6.07, 6.45) is 0. The predicted molar refractivity (Wildman–Crippen MR) is 121 cm³/mol. The summed E-state index contributed by atoms with van der Waals surface area (Å²) in [5, 5.41) is 26.6. The molecule has 0 saturated carbocycles. The van der Waals surface area contributed by atoms with E-state index < -0.39 is 23.1 Å². The Bertz CT molecular complexity index is 1050. The molecule has 1 aliphatic carbocycles. The van der Waals surface area contributed by atoms with Crippen LogP contribution in [-0.4, -0.2) is 59.9 Å². The Morgan fingerprint density at radius 2 is 1.06 bits per heavy atom. The third-order valence-electron chi connectivity index (χ3n) is 4.72. The molecule has 0 radical (unpaired) electrons. The van der Waals surface area contributed by atoms with Crippen LogP contribution in [0.25, 0.3) is 0 Å². The second kappa shape index (κ2) is 9.12. The van der Waals surface area contributed by atoms with Gasteiger partial charge in [-0.1, -0.05) is 0 Å². The topological polar surface area (TPSA) is 227 Å². The monoisotopic (exact) mass is 440 g/mol. The first-order valence-corrected chi connectivity index (χ1v) is 9.62. The highest BCUT2D eigenvalue weighted by Crippen LogP contribution is 2.42. The van der Waals surface area contributed by atoms with E-state index in [4.69, 9.17) is 22.9 Å². The van der Waals surface area contributed by atoms with Crippen molar-refractivity contribution in [1.82, 2.24) is 0 Å². The molecule has 0 bridgehead atoms. The summed E-state index contributed by atoms with van der Waals surface area (Å²) in [4.78, 5) is 34.4. The summed E-state index contributed by atoms with van der Waals surface area (Å²) in [5.41, 5.74) is 21.6. The van der Waals surface area contributed by atoms with Gasteiger partial charge in [0, 0.05) is 24.5 Å². The van der Waals surface area contributed by atoms with Crippen molar-refractivity contribution in [3.8, 4) is 11.5 Å². The second-order valence-electron chi connectivity index (χ2n) is 6.89. The van der Waals surface area contributed by atoms with Gasteiger partial charge in [-0.2, -0.15) is 0 Å².